The molecular formula is C27H36O5. The summed E-state index contributed by atoms with van der Waals surface area (Å²) >= 11 is 0. The van der Waals surface area contributed by atoms with E-state index in [4.69, 9.17) is 14.2 Å². The zero-order valence-electron chi connectivity index (χ0n) is 19.3. The molecule has 1 N–H and O–H groups in total. The molecule has 0 aromatic heterocycles. The molecule has 0 radical (unpaired) electrons. The van der Waals surface area contributed by atoms with Gasteiger partial charge in [-0.05, 0) is 42.3 Å². The summed E-state index contributed by atoms with van der Waals surface area (Å²) in [5, 5.41) is 10.3. The number of hydrogen-bond acceptors (Lipinski definition) is 5. The second kappa shape index (κ2) is 15.1. The van der Waals surface area contributed by atoms with Gasteiger partial charge in [0.25, 0.3) is 0 Å². The van der Waals surface area contributed by atoms with E-state index in [9.17, 15) is 9.90 Å². The smallest absolute Gasteiger partial charge is 0.193 e. The largest absolute Gasteiger partial charge is 0.507 e. The highest BCUT2D eigenvalue weighted by Gasteiger charge is 2.15. The van der Waals surface area contributed by atoms with Gasteiger partial charge in [0.05, 0.1) is 6.61 Å². The highest BCUT2D eigenvalue weighted by Crippen LogP contribution is 2.29. The summed E-state index contributed by atoms with van der Waals surface area (Å²) in [6.07, 6.45) is 12.9. The van der Waals surface area contributed by atoms with Crippen LogP contribution in [0.1, 0.15) is 74.2 Å². The van der Waals surface area contributed by atoms with Crippen LogP contribution in [-0.4, -0.2) is 31.4 Å². The molecule has 32 heavy (non-hydrogen) atoms. The summed E-state index contributed by atoms with van der Waals surface area (Å²) in [4.78, 5) is 12.8. The quantitative estimate of drug-likeness (QED) is 0.135. The minimum atomic E-state index is -0.297. The first-order valence-electron chi connectivity index (χ1n) is 11.5. The zero-order valence-corrected chi connectivity index (χ0v) is 19.3. The third-order valence-electron chi connectivity index (χ3n) is 5.16. The van der Waals surface area contributed by atoms with Gasteiger partial charge in [0.15, 0.2) is 12.6 Å². The third kappa shape index (κ3) is 9.15. The van der Waals surface area contributed by atoms with Crippen LogP contribution in [0.4, 0.5) is 0 Å². The number of rotatable bonds is 16. The van der Waals surface area contributed by atoms with Gasteiger partial charge in [0.2, 0.25) is 0 Å². The Hall–Kier alpha value is -2.79. The van der Waals surface area contributed by atoms with E-state index in [1.807, 2.05) is 24.3 Å². The molecule has 2 rings (SSSR count). The van der Waals surface area contributed by atoms with Crippen molar-refractivity contribution in [3.8, 4) is 17.2 Å². The molecule has 0 bridgehead atoms. The molecule has 0 aliphatic rings. The molecule has 0 fully saturated rings. The van der Waals surface area contributed by atoms with Crippen LogP contribution >= 0.6 is 0 Å². The van der Waals surface area contributed by atoms with E-state index in [0.717, 1.165) is 18.4 Å². The van der Waals surface area contributed by atoms with Crippen LogP contribution in [0, 0.1) is 0 Å². The number of aromatic hydroxyl groups is 1. The Morgan fingerprint density at radius 1 is 0.906 bits per heavy atom. The first-order valence-corrected chi connectivity index (χ1v) is 11.5. The Morgan fingerprint density at radius 2 is 1.59 bits per heavy atom. The van der Waals surface area contributed by atoms with Gasteiger partial charge in [0, 0.05) is 7.11 Å². The van der Waals surface area contributed by atoms with Gasteiger partial charge in [-0.2, -0.15) is 0 Å². The van der Waals surface area contributed by atoms with E-state index < -0.39 is 0 Å². The fraction of sp³-hybridized carbons (Fsp3) is 0.444. The maximum atomic E-state index is 12.8. The molecule has 0 unspecified atom stereocenters. The summed E-state index contributed by atoms with van der Waals surface area (Å²) in [5.41, 5.74) is 1.04. The molecule has 0 heterocycles. The van der Waals surface area contributed by atoms with Gasteiger partial charge in [-0.1, -0.05) is 76.1 Å². The minimum absolute atomic E-state index is 0.0728. The van der Waals surface area contributed by atoms with Crippen LogP contribution < -0.4 is 9.47 Å². The fourth-order valence-corrected chi connectivity index (χ4v) is 3.36. The van der Waals surface area contributed by atoms with Crippen molar-refractivity contribution in [2.75, 3.05) is 20.5 Å². The third-order valence-corrected chi connectivity index (χ3v) is 5.16. The van der Waals surface area contributed by atoms with Crippen molar-refractivity contribution < 1.29 is 24.1 Å². The fourth-order valence-electron chi connectivity index (χ4n) is 3.36. The van der Waals surface area contributed by atoms with Crippen LogP contribution in [0.5, 0.6) is 17.2 Å². The highest BCUT2D eigenvalue weighted by atomic mass is 16.7. The Labute approximate surface area is 192 Å². The predicted octanol–water partition coefficient (Wildman–Crippen LogP) is 6.79. The number of benzene rings is 2. The molecule has 5 heteroatoms. The van der Waals surface area contributed by atoms with Gasteiger partial charge < -0.3 is 19.3 Å². The van der Waals surface area contributed by atoms with Gasteiger partial charge in [0.1, 0.15) is 22.8 Å². The molecule has 0 saturated heterocycles. The molecule has 0 atom stereocenters. The summed E-state index contributed by atoms with van der Waals surface area (Å²) in [6.45, 7) is 2.94. The summed E-state index contributed by atoms with van der Waals surface area (Å²) < 4.78 is 16.1. The average molecular weight is 441 g/mol. The van der Waals surface area contributed by atoms with E-state index in [2.05, 4.69) is 6.92 Å². The molecule has 0 amide bonds. The van der Waals surface area contributed by atoms with Crippen LogP contribution in [0.15, 0.2) is 48.5 Å². The molecule has 174 valence electrons. The van der Waals surface area contributed by atoms with Crippen molar-refractivity contribution in [2.45, 2.75) is 58.3 Å². The maximum Gasteiger partial charge on any atom is 0.193 e. The number of ether oxygens (including phenoxy) is 3. The van der Waals surface area contributed by atoms with Crippen molar-refractivity contribution in [3.05, 3.63) is 59.7 Å². The van der Waals surface area contributed by atoms with Crippen molar-refractivity contribution in [1.29, 1.82) is 0 Å². The topological polar surface area (TPSA) is 65.0 Å². The SMILES string of the molecule is CCCCCCCCCCOc1cccc(O)c1C(=O)/C=C/c1ccc(OCOC)cc1. The molecule has 0 spiro atoms. The van der Waals surface area contributed by atoms with Crippen molar-refractivity contribution in [1.82, 2.24) is 0 Å². The maximum absolute atomic E-state index is 12.8. The number of hydrogen-bond donors (Lipinski definition) is 1. The lowest BCUT2D eigenvalue weighted by molar-refractivity contribution is 0.0511. The number of phenolic OH excluding ortho intramolecular Hbond substituents is 1. The summed E-state index contributed by atoms with van der Waals surface area (Å²) in [7, 11) is 1.56. The second-order valence-electron chi connectivity index (χ2n) is 7.79. The number of phenols is 1. The highest BCUT2D eigenvalue weighted by molar-refractivity contribution is 6.10. The Balaban J connectivity index is 1.86. The minimum Gasteiger partial charge on any atom is -0.507 e. The molecule has 2 aromatic rings. The van der Waals surface area contributed by atoms with Crippen LogP contribution in [0.25, 0.3) is 6.08 Å². The number of carbonyl (C=O) groups is 1. The molecule has 0 saturated carbocycles. The van der Waals surface area contributed by atoms with Gasteiger partial charge >= 0.3 is 0 Å². The number of methoxy groups -OCH3 is 1. The predicted molar refractivity (Wildman–Crippen MR) is 129 cm³/mol. The van der Waals surface area contributed by atoms with E-state index in [1.54, 1.807) is 25.3 Å². The number of ketones is 1. The van der Waals surface area contributed by atoms with Crippen LogP contribution in [0.3, 0.4) is 0 Å². The molecule has 2 aromatic carbocycles. The lowest BCUT2D eigenvalue weighted by Gasteiger charge is -2.11. The number of allylic oxidation sites excluding steroid dienone is 1. The van der Waals surface area contributed by atoms with Crippen LogP contribution in [0.2, 0.25) is 0 Å². The Bertz CT molecular complexity index is 826. The average Bonchev–Trinajstić information content (AvgIpc) is 2.81. The first-order chi connectivity index (χ1) is 15.7. The normalized spacial score (nSPS) is 11.1. The van der Waals surface area contributed by atoms with Gasteiger partial charge in [-0.15, -0.1) is 0 Å². The van der Waals surface area contributed by atoms with Crippen molar-refractivity contribution >= 4 is 11.9 Å². The van der Waals surface area contributed by atoms with Gasteiger partial charge in [-0.25, -0.2) is 0 Å². The van der Waals surface area contributed by atoms with Crippen molar-refractivity contribution in [3.63, 3.8) is 0 Å². The van der Waals surface area contributed by atoms with E-state index in [1.165, 1.54) is 50.7 Å². The number of unbranched alkanes of at least 4 members (excludes halogenated alkanes) is 7. The molecule has 0 aliphatic carbocycles. The van der Waals surface area contributed by atoms with Crippen LogP contribution in [-0.2, 0) is 4.74 Å². The van der Waals surface area contributed by atoms with E-state index in [0.29, 0.717) is 18.1 Å². The number of carbonyl (C=O) groups excluding carboxylic acids is 1. The summed E-state index contributed by atoms with van der Waals surface area (Å²) in [5.74, 6) is 0.740. The standard InChI is InChI=1S/C27H36O5/c1-3-4-5-6-7-8-9-10-20-31-26-13-11-12-24(28)27(26)25(29)19-16-22-14-17-23(18-15-22)32-21-30-2/h11-19,28H,3-10,20-21H2,1-2H3/b19-16+. The second-order valence-corrected chi connectivity index (χ2v) is 7.79. The first kappa shape index (κ1) is 25.5. The van der Waals surface area contributed by atoms with Gasteiger partial charge in [-0.3, -0.25) is 4.79 Å². The molecule has 0 aliphatic heterocycles. The summed E-state index contributed by atoms with van der Waals surface area (Å²) in [6, 6.07) is 12.2. The Kier molecular flexibility index (Phi) is 12.0. The van der Waals surface area contributed by atoms with Crippen molar-refractivity contribution in [2.24, 2.45) is 0 Å². The lowest BCUT2D eigenvalue weighted by Crippen LogP contribution is -2.04. The Morgan fingerprint density at radius 3 is 2.28 bits per heavy atom. The molecular weight excluding hydrogens is 404 g/mol. The zero-order chi connectivity index (χ0) is 23.0. The molecule has 5 nitrogen and oxygen atoms in total. The van der Waals surface area contributed by atoms with E-state index >= 15 is 0 Å². The lowest BCUT2D eigenvalue weighted by atomic mass is 10.1. The van der Waals surface area contributed by atoms with E-state index in [-0.39, 0.29) is 23.9 Å². The monoisotopic (exact) mass is 440 g/mol.